The van der Waals surface area contributed by atoms with Gasteiger partial charge in [-0.1, -0.05) is 0 Å². The summed E-state index contributed by atoms with van der Waals surface area (Å²) < 4.78 is 0. The lowest BCUT2D eigenvalue weighted by atomic mass is 10.2. The summed E-state index contributed by atoms with van der Waals surface area (Å²) in [6.07, 6.45) is 5.44. The quantitative estimate of drug-likeness (QED) is 0.855. The fourth-order valence-corrected chi connectivity index (χ4v) is 3.72. The van der Waals surface area contributed by atoms with Gasteiger partial charge in [0.1, 0.15) is 0 Å². The summed E-state index contributed by atoms with van der Waals surface area (Å²) in [4.78, 5) is 18.9. The van der Waals surface area contributed by atoms with Gasteiger partial charge >= 0.3 is 0 Å². The van der Waals surface area contributed by atoms with Gasteiger partial charge < -0.3 is 15.5 Å². The number of carbonyl (C=O) groups excluding carboxylic acids is 1. The van der Waals surface area contributed by atoms with Crippen LogP contribution in [0.3, 0.4) is 0 Å². The standard InChI is InChI=1S/C14H22N4OS/c19-13(12-4-3-6-15-12)16-7-5-11-10-20-14(17-11)18-8-1-2-9-18/h10,12,15H,1-9H2,(H,16,19)/t12-/m0/s1. The van der Waals surface area contributed by atoms with Crippen molar-refractivity contribution in [2.45, 2.75) is 38.1 Å². The predicted molar refractivity (Wildman–Crippen MR) is 81.3 cm³/mol. The number of amides is 1. The largest absolute Gasteiger partial charge is 0.354 e. The van der Waals surface area contributed by atoms with E-state index in [0.29, 0.717) is 6.54 Å². The van der Waals surface area contributed by atoms with E-state index in [4.69, 9.17) is 0 Å². The third-order valence-corrected chi connectivity index (χ3v) is 4.92. The van der Waals surface area contributed by atoms with Crippen LogP contribution in [0, 0.1) is 0 Å². The van der Waals surface area contributed by atoms with Crippen molar-refractivity contribution >= 4 is 22.4 Å². The molecule has 2 aliphatic heterocycles. The zero-order chi connectivity index (χ0) is 13.8. The maximum absolute atomic E-state index is 11.9. The van der Waals surface area contributed by atoms with Gasteiger partial charge in [0.15, 0.2) is 5.13 Å². The first-order valence-corrected chi connectivity index (χ1v) is 8.41. The molecular weight excluding hydrogens is 272 g/mol. The average Bonchev–Trinajstić information content (AvgIpc) is 3.20. The Labute approximate surface area is 123 Å². The summed E-state index contributed by atoms with van der Waals surface area (Å²) in [5.74, 6) is 0.137. The molecule has 0 saturated carbocycles. The molecule has 2 fully saturated rings. The smallest absolute Gasteiger partial charge is 0.237 e. The number of anilines is 1. The van der Waals surface area contributed by atoms with Crippen LogP contribution in [-0.2, 0) is 11.2 Å². The van der Waals surface area contributed by atoms with Gasteiger partial charge in [-0.25, -0.2) is 4.98 Å². The van der Waals surface area contributed by atoms with Gasteiger partial charge in [-0.2, -0.15) is 0 Å². The molecule has 0 bridgehead atoms. The average molecular weight is 294 g/mol. The molecule has 3 heterocycles. The van der Waals surface area contributed by atoms with Crippen molar-refractivity contribution in [2.24, 2.45) is 0 Å². The minimum absolute atomic E-state index is 0.0191. The number of thiazole rings is 1. The second-order valence-electron chi connectivity index (χ2n) is 5.51. The number of aromatic nitrogens is 1. The van der Waals surface area contributed by atoms with E-state index in [1.807, 2.05) is 0 Å². The van der Waals surface area contributed by atoms with Gasteiger partial charge in [-0.05, 0) is 32.2 Å². The summed E-state index contributed by atoms with van der Waals surface area (Å²) in [7, 11) is 0. The molecular formula is C14H22N4OS. The lowest BCUT2D eigenvalue weighted by molar-refractivity contribution is -0.122. The van der Waals surface area contributed by atoms with Crippen LogP contribution in [0.5, 0.6) is 0 Å². The molecule has 5 nitrogen and oxygen atoms in total. The Hall–Kier alpha value is -1.14. The summed E-state index contributed by atoms with van der Waals surface area (Å²) in [5.41, 5.74) is 1.09. The van der Waals surface area contributed by atoms with Gasteiger partial charge in [0.2, 0.25) is 5.91 Å². The molecule has 0 aliphatic carbocycles. The minimum atomic E-state index is 0.0191. The summed E-state index contributed by atoms with van der Waals surface area (Å²) in [6.45, 7) is 3.91. The van der Waals surface area contributed by atoms with E-state index in [2.05, 4.69) is 25.9 Å². The monoisotopic (exact) mass is 294 g/mol. The highest BCUT2D eigenvalue weighted by Crippen LogP contribution is 2.24. The fraction of sp³-hybridized carbons (Fsp3) is 0.714. The van der Waals surface area contributed by atoms with Gasteiger partial charge in [0.05, 0.1) is 11.7 Å². The first-order valence-electron chi connectivity index (χ1n) is 7.53. The van der Waals surface area contributed by atoms with E-state index in [9.17, 15) is 4.79 Å². The Morgan fingerprint density at radius 2 is 2.30 bits per heavy atom. The molecule has 110 valence electrons. The van der Waals surface area contributed by atoms with E-state index < -0.39 is 0 Å². The molecule has 6 heteroatoms. The second kappa shape index (κ2) is 6.54. The Morgan fingerprint density at radius 1 is 1.45 bits per heavy atom. The number of rotatable bonds is 5. The lowest BCUT2D eigenvalue weighted by Gasteiger charge is -2.12. The van der Waals surface area contributed by atoms with Gasteiger partial charge in [0.25, 0.3) is 0 Å². The minimum Gasteiger partial charge on any atom is -0.354 e. The number of nitrogens with zero attached hydrogens (tertiary/aromatic N) is 2. The van der Waals surface area contributed by atoms with Crippen molar-refractivity contribution < 1.29 is 4.79 Å². The molecule has 1 atom stereocenters. The molecule has 0 spiro atoms. The highest BCUT2D eigenvalue weighted by Gasteiger charge is 2.21. The topological polar surface area (TPSA) is 57.3 Å². The summed E-state index contributed by atoms with van der Waals surface area (Å²) in [5, 5.41) is 9.47. The Balaban J connectivity index is 1.43. The first kappa shape index (κ1) is 13.8. The van der Waals surface area contributed by atoms with Gasteiger partial charge in [-0.15, -0.1) is 11.3 Å². The van der Waals surface area contributed by atoms with E-state index in [-0.39, 0.29) is 11.9 Å². The van der Waals surface area contributed by atoms with Crippen LogP contribution >= 0.6 is 11.3 Å². The van der Waals surface area contributed by atoms with Crippen molar-refractivity contribution in [3.8, 4) is 0 Å². The van der Waals surface area contributed by atoms with E-state index in [1.54, 1.807) is 11.3 Å². The summed E-state index contributed by atoms with van der Waals surface area (Å²) in [6, 6.07) is 0.0191. The predicted octanol–water partition coefficient (Wildman–Crippen LogP) is 1.15. The molecule has 2 N–H and O–H groups in total. The van der Waals surface area contributed by atoms with Crippen molar-refractivity contribution in [3.63, 3.8) is 0 Å². The Morgan fingerprint density at radius 3 is 3.05 bits per heavy atom. The molecule has 3 rings (SSSR count). The Bertz CT molecular complexity index is 450. The van der Waals surface area contributed by atoms with E-state index in [0.717, 1.165) is 49.7 Å². The zero-order valence-electron chi connectivity index (χ0n) is 11.7. The van der Waals surface area contributed by atoms with Crippen LogP contribution in [-0.4, -0.2) is 43.1 Å². The summed E-state index contributed by atoms with van der Waals surface area (Å²) >= 11 is 1.72. The molecule has 0 radical (unpaired) electrons. The normalized spacial score (nSPS) is 22.4. The maximum atomic E-state index is 11.9. The highest BCUT2D eigenvalue weighted by atomic mass is 32.1. The third-order valence-electron chi connectivity index (χ3n) is 3.97. The van der Waals surface area contributed by atoms with E-state index in [1.165, 1.54) is 12.8 Å². The number of hydrogen-bond acceptors (Lipinski definition) is 5. The first-order chi connectivity index (χ1) is 9.83. The van der Waals surface area contributed by atoms with Gasteiger partial charge in [-0.3, -0.25) is 4.79 Å². The maximum Gasteiger partial charge on any atom is 0.237 e. The van der Waals surface area contributed by atoms with Crippen molar-refractivity contribution in [1.82, 2.24) is 15.6 Å². The third kappa shape index (κ3) is 3.30. The van der Waals surface area contributed by atoms with E-state index >= 15 is 0 Å². The molecule has 1 aromatic rings. The molecule has 1 amide bonds. The number of nitrogens with one attached hydrogen (secondary N) is 2. The molecule has 0 aromatic carbocycles. The SMILES string of the molecule is O=C(NCCc1csc(N2CCCC2)n1)[C@@H]1CCCN1. The fourth-order valence-electron chi connectivity index (χ4n) is 2.81. The van der Waals surface area contributed by atoms with Crippen LogP contribution in [0.2, 0.25) is 0 Å². The van der Waals surface area contributed by atoms with Crippen LogP contribution in [0.4, 0.5) is 5.13 Å². The van der Waals surface area contributed by atoms with Gasteiger partial charge in [0, 0.05) is 31.4 Å². The lowest BCUT2D eigenvalue weighted by Crippen LogP contribution is -2.41. The van der Waals surface area contributed by atoms with Crippen molar-refractivity contribution in [1.29, 1.82) is 0 Å². The number of carbonyl (C=O) groups is 1. The van der Waals surface area contributed by atoms with Crippen LogP contribution in [0.15, 0.2) is 5.38 Å². The van der Waals surface area contributed by atoms with Crippen LogP contribution in [0.25, 0.3) is 0 Å². The number of hydrogen-bond donors (Lipinski definition) is 2. The second-order valence-corrected chi connectivity index (χ2v) is 6.34. The molecule has 20 heavy (non-hydrogen) atoms. The molecule has 0 unspecified atom stereocenters. The Kier molecular flexibility index (Phi) is 4.52. The van der Waals surface area contributed by atoms with Crippen LogP contribution < -0.4 is 15.5 Å². The van der Waals surface area contributed by atoms with Crippen LogP contribution in [0.1, 0.15) is 31.4 Å². The zero-order valence-corrected chi connectivity index (χ0v) is 12.5. The molecule has 2 saturated heterocycles. The molecule has 1 aromatic heterocycles. The highest BCUT2D eigenvalue weighted by molar-refractivity contribution is 7.13. The van der Waals surface area contributed by atoms with Crippen molar-refractivity contribution in [3.05, 3.63) is 11.1 Å². The van der Waals surface area contributed by atoms with Crippen molar-refractivity contribution in [2.75, 3.05) is 31.1 Å². The molecule has 2 aliphatic rings.